The van der Waals surface area contributed by atoms with Crippen LogP contribution >= 0.6 is 0 Å². The summed E-state index contributed by atoms with van der Waals surface area (Å²) in [4.78, 5) is 24.1. The van der Waals surface area contributed by atoms with Crippen molar-refractivity contribution in [1.29, 1.82) is 0 Å². The molecule has 0 aromatic heterocycles. The SMILES string of the molecule is CCOC(=O)C(C(=O)NC(CC)CC)C(C)(C)C. The van der Waals surface area contributed by atoms with Crippen LogP contribution in [-0.2, 0) is 14.3 Å². The number of ether oxygens (including phenoxy) is 1. The molecule has 1 amide bonds. The first-order chi connectivity index (χ1) is 8.27. The van der Waals surface area contributed by atoms with Crippen molar-refractivity contribution in [3.8, 4) is 0 Å². The second kappa shape index (κ2) is 7.39. The van der Waals surface area contributed by atoms with E-state index in [1.807, 2.05) is 34.6 Å². The standard InChI is InChI=1S/C14H27NO3/c1-7-10(8-2)15-12(16)11(14(4,5)6)13(17)18-9-3/h10-11H,7-9H2,1-6H3,(H,15,16). The van der Waals surface area contributed by atoms with Gasteiger partial charge in [0.15, 0.2) is 0 Å². The molecule has 0 saturated carbocycles. The molecule has 18 heavy (non-hydrogen) atoms. The van der Waals surface area contributed by atoms with Crippen LogP contribution in [0.15, 0.2) is 0 Å². The molecule has 1 atom stereocenters. The van der Waals surface area contributed by atoms with E-state index < -0.39 is 17.3 Å². The van der Waals surface area contributed by atoms with Crippen molar-refractivity contribution in [2.24, 2.45) is 11.3 Å². The van der Waals surface area contributed by atoms with Gasteiger partial charge in [-0.25, -0.2) is 0 Å². The molecule has 1 N–H and O–H groups in total. The van der Waals surface area contributed by atoms with Gasteiger partial charge in [-0.15, -0.1) is 0 Å². The average molecular weight is 257 g/mol. The number of carbonyl (C=O) groups excluding carboxylic acids is 2. The maximum atomic E-state index is 12.2. The van der Waals surface area contributed by atoms with Crippen molar-refractivity contribution >= 4 is 11.9 Å². The minimum absolute atomic E-state index is 0.122. The third kappa shape index (κ3) is 5.07. The van der Waals surface area contributed by atoms with E-state index in [4.69, 9.17) is 4.74 Å². The molecule has 0 bridgehead atoms. The van der Waals surface area contributed by atoms with Crippen LogP contribution < -0.4 is 5.32 Å². The fourth-order valence-electron chi connectivity index (χ4n) is 1.86. The van der Waals surface area contributed by atoms with Crippen molar-refractivity contribution in [2.75, 3.05) is 6.61 Å². The van der Waals surface area contributed by atoms with Gasteiger partial charge >= 0.3 is 5.97 Å². The Morgan fingerprint density at radius 2 is 1.61 bits per heavy atom. The Kier molecular flexibility index (Phi) is 6.96. The second-order valence-corrected chi connectivity index (χ2v) is 5.57. The molecule has 0 aliphatic heterocycles. The van der Waals surface area contributed by atoms with E-state index in [2.05, 4.69) is 5.32 Å². The Labute approximate surface area is 110 Å². The highest BCUT2D eigenvalue weighted by Gasteiger charge is 2.39. The van der Waals surface area contributed by atoms with Gasteiger partial charge in [-0.3, -0.25) is 9.59 Å². The number of hydrogen-bond acceptors (Lipinski definition) is 3. The van der Waals surface area contributed by atoms with E-state index >= 15 is 0 Å². The molecular weight excluding hydrogens is 230 g/mol. The van der Waals surface area contributed by atoms with Crippen molar-refractivity contribution in [2.45, 2.75) is 60.4 Å². The van der Waals surface area contributed by atoms with Crippen molar-refractivity contribution < 1.29 is 14.3 Å². The number of esters is 1. The summed E-state index contributed by atoms with van der Waals surface area (Å²) in [6.07, 6.45) is 1.73. The quantitative estimate of drug-likeness (QED) is 0.587. The number of amides is 1. The van der Waals surface area contributed by atoms with Gasteiger partial charge in [0.05, 0.1) is 6.61 Å². The Hall–Kier alpha value is -1.06. The van der Waals surface area contributed by atoms with Crippen molar-refractivity contribution in [3.05, 3.63) is 0 Å². The second-order valence-electron chi connectivity index (χ2n) is 5.57. The zero-order valence-electron chi connectivity index (χ0n) is 12.5. The maximum Gasteiger partial charge on any atom is 0.319 e. The number of rotatable bonds is 6. The molecule has 0 aliphatic carbocycles. The van der Waals surface area contributed by atoms with E-state index in [1.54, 1.807) is 6.92 Å². The third-order valence-corrected chi connectivity index (χ3v) is 2.98. The van der Waals surface area contributed by atoms with E-state index in [9.17, 15) is 9.59 Å². The lowest BCUT2D eigenvalue weighted by Gasteiger charge is -2.29. The molecule has 0 fully saturated rings. The van der Waals surface area contributed by atoms with E-state index in [0.29, 0.717) is 6.61 Å². The molecule has 4 heteroatoms. The van der Waals surface area contributed by atoms with Gasteiger partial charge < -0.3 is 10.1 Å². The summed E-state index contributed by atoms with van der Waals surface area (Å²) in [6, 6.07) is 0.122. The number of hydrogen-bond donors (Lipinski definition) is 1. The van der Waals surface area contributed by atoms with Gasteiger partial charge in [0, 0.05) is 6.04 Å². The minimum atomic E-state index is -0.752. The summed E-state index contributed by atoms with van der Waals surface area (Å²) in [7, 11) is 0. The summed E-state index contributed by atoms with van der Waals surface area (Å²) in [5.74, 6) is -1.42. The van der Waals surface area contributed by atoms with Crippen LogP contribution in [0.1, 0.15) is 54.4 Å². The van der Waals surface area contributed by atoms with Gasteiger partial charge in [-0.2, -0.15) is 0 Å². The molecule has 0 aromatic carbocycles. The Bertz CT molecular complexity index is 277. The van der Waals surface area contributed by atoms with Gasteiger partial charge in [-0.1, -0.05) is 34.6 Å². The van der Waals surface area contributed by atoms with E-state index in [0.717, 1.165) is 12.8 Å². The lowest BCUT2D eigenvalue weighted by atomic mass is 9.80. The zero-order chi connectivity index (χ0) is 14.3. The molecule has 0 spiro atoms. The van der Waals surface area contributed by atoms with Crippen molar-refractivity contribution in [3.63, 3.8) is 0 Å². The first-order valence-corrected chi connectivity index (χ1v) is 6.74. The fraction of sp³-hybridized carbons (Fsp3) is 0.857. The highest BCUT2D eigenvalue weighted by molar-refractivity contribution is 5.98. The molecular formula is C14H27NO3. The van der Waals surface area contributed by atoms with Gasteiger partial charge in [-0.05, 0) is 25.2 Å². The van der Waals surface area contributed by atoms with Crippen LogP contribution in [0, 0.1) is 11.3 Å². The minimum Gasteiger partial charge on any atom is -0.465 e. The molecule has 106 valence electrons. The number of nitrogens with one attached hydrogen (secondary N) is 1. The lowest BCUT2D eigenvalue weighted by Crippen LogP contribution is -2.46. The topological polar surface area (TPSA) is 55.4 Å². The first-order valence-electron chi connectivity index (χ1n) is 6.74. The van der Waals surface area contributed by atoms with Crippen molar-refractivity contribution in [1.82, 2.24) is 5.32 Å². The predicted octanol–water partition coefficient (Wildman–Crippen LogP) is 2.52. The van der Waals surface area contributed by atoms with Crippen LogP contribution in [0.5, 0.6) is 0 Å². The van der Waals surface area contributed by atoms with E-state index in [-0.39, 0.29) is 11.9 Å². The summed E-state index contributed by atoms with van der Waals surface area (Å²) in [5, 5.41) is 2.92. The fourth-order valence-corrected chi connectivity index (χ4v) is 1.86. The van der Waals surface area contributed by atoms with E-state index in [1.165, 1.54) is 0 Å². The first kappa shape index (κ1) is 16.9. The third-order valence-electron chi connectivity index (χ3n) is 2.98. The molecule has 0 aromatic rings. The highest BCUT2D eigenvalue weighted by atomic mass is 16.5. The zero-order valence-corrected chi connectivity index (χ0v) is 12.5. The summed E-state index contributed by atoms with van der Waals surface area (Å²) < 4.78 is 5.00. The molecule has 0 radical (unpaired) electrons. The largest absolute Gasteiger partial charge is 0.465 e. The molecule has 0 rings (SSSR count). The number of carbonyl (C=O) groups is 2. The van der Waals surface area contributed by atoms with Gasteiger partial charge in [0.2, 0.25) is 5.91 Å². The van der Waals surface area contributed by atoms with Crippen LogP contribution in [0.3, 0.4) is 0 Å². The van der Waals surface area contributed by atoms with Crippen LogP contribution in [0.2, 0.25) is 0 Å². The molecule has 0 aliphatic rings. The normalized spacial score (nSPS) is 13.3. The molecule has 1 unspecified atom stereocenters. The highest BCUT2D eigenvalue weighted by Crippen LogP contribution is 2.27. The maximum absolute atomic E-state index is 12.2. The van der Waals surface area contributed by atoms with Crippen LogP contribution in [0.4, 0.5) is 0 Å². The summed E-state index contributed by atoms with van der Waals surface area (Å²) in [5.41, 5.74) is -0.442. The molecule has 4 nitrogen and oxygen atoms in total. The Balaban J connectivity index is 4.87. The van der Waals surface area contributed by atoms with Gasteiger partial charge in [0.25, 0.3) is 0 Å². The Morgan fingerprint density at radius 1 is 1.11 bits per heavy atom. The summed E-state index contributed by atoms with van der Waals surface area (Å²) >= 11 is 0. The average Bonchev–Trinajstić information content (AvgIpc) is 2.24. The van der Waals surface area contributed by atoms with Crippen LogP contribution in [0.25, 0.3) is 0 Å². The smallest absolute Gasteiger partial charge is 0.319 e. The molecule has 0 heterocycles. The van der Waals surface area contributed by atoms with Crippen LogP contribution in [-0.4, -0.2) is 24.5 Å². The summed E-state index contributed by atoms with van der Waals surface area (Å²) in [6.45, 7) is 11.7. The molecule has 0 saturated heterocycles. The predicted molar refractivity (Wildman–Crippen MR) is 72.1 cm³/mol. The van der Waals surface area contributed by atoms with Gasteiger partial charge in [0.1, 0.15) is 5.92 Å². The monoisotopic (exact) mass is 257 g/mol. The lowest BCUT2D eigenvalue weighted by molar-refractivity contribution is -0.156. The Morgan fingerprint density at radius 3 is 1.94 bits per heavy atom.